The fraction of sp³-hybridized carbons (Fsp3) is 0.269. The van der Waals surface area contributed by atoms with Gasteiger partial charge in [-0.25, -0.2) is 8.42 Å². The number of rotatable bonds is 7. The number of anilines is 1. The smallest absolute Gasteiger partial charge is 0.264 e. The number of amides is 1. The first-order valence-corrected chi connectivity index (χ1v) is 13.4. The number of aryl methyl sites for hydroxylation is 2. The van der Waals surface area contributed by atoms with Crippen molar-refractivity contribution in [2.24, 2.45) is 0 Å². The lowest BCUT2D eigenvalue weighted by Gasteiger charge is -2.26. The number of nitrogens with zero attached hydrogens (tertiary/aromatic N) is 1. The Morgan fingerprint density at radius 2 is 1.65 bits per heavy atom. The minimum Gasteiger partial charge on any atom is -0.348 e. The van der Waals surface area contributed by atoms with Gasteiger partial charge in [0.25, 0.3) is 10.0 Å². The largest absolute Gasteiger partial charge is 0.348 e. The highest BCUT2D eigenvalue weighted by atomic mass is 35.5. The Hall–Kier alpha value is -2.54. The van der Waals surface area contributed by atoms with Gasteiger partial charge in [-0.1, -0.05) is 59.6 Å². The van der Waals surface area contributed by atoms with Crippen LogP contribution in [0.15, 0.2) is 71.6 Å². The summed E-state index contributed by atoms with van der Waals surface area (Å²) in [6, 6.07) is 18.5. The molecule has 34 heavy (non-hydrogen) atoms. The van der Waals surface area contributed by atoms with E-state index in [0.29, 0.717) is 5.02 Å². The topological polar surface area (TPSA) is 66.5 Å². The van der Waals surface area contributed by atoms with Gasteiger partial charge >= 0.3 is 0 Å². The van der Waals surface area contributed by atoms with E-state index in [4.69, 9.17) is 23.2 Å². The molecule has 4 rings (SSSR count). The minimum absolute atomic E-state index is 0.0802. The van der Waals surface area contributed by atoms with E-state index in [2.05, 4.69) is 17.4 Å². The molecule has 1 unspecified atom stereocenters. The second-order valence-corrected chi connectivity index (χ2v) is 11.1. The Morgan fingerprint density at radius 1 is 0.941 bits per heavy atom. The summed E-state index contributed by atoms with van der Waals surface area (Å²) in [5, 5.41) is 3.45. The van der Waals surface area contributed by atoms with E-state index in [0.717, 1.165) is 22.7 Å². The predicted molar refractivity (Wildman–Crippen MR) is 137 cm³/mol. The third kappa shape index (κ3) is 5.40. The number of halogens is 2. The average molecular weight is 517 g/mol. The summed E-state index contributed by atoms with van der Waals surface area (Å²) in [6.45, 7) is 1.50. The van der Waals surface area contributed by atoms with Crippen molar-refractivity contribution in [3.8, 4) is 0 Å². The van der Waals surface area contributed by atoms with Crippen molar-refractivity contribution in [1.82, 2.24) is 5.32 Å². The van der Waals surface area contributed by atoms with Crippen LogP contribution >= 0.6 is 23.2 Å². The van der Waals surface area contributed by atoms with Crippen LogP contribution in [0.25, 0.3) is 0 Å². The number of fused-ring (bicyclic) bond motifs is 1. The molecule has 3 aromatic rings. The van der Waals surface area contributed by atoms with Crippen LogP contribution in [0.3, 0.4) is 0 Å². The highest BCUT2D eigenvalue weighted by Gasteiger charge is 2.28. The quantitative estimate of drug-likeness (QED) is 0.422. The third-order valence-corrected chi connectivity index (χ3v) is 8.59. The number of benzene rings is 3. The molecule has 5 nitrogen and oxygen atoms in total. The van der Waals surface area contributed by atoms with E-state index in [1.807, 2.05) is 13.0 Å². The average Bonchev–Trinajstić information content (AvgIpc) is 2.84. The van der Waals surface area contributed by atoms with Gasteiger partial charge in [-0.3, -0.25) is 9.10 Å². The van der Waals surface area contributed by atoms with Gasteiger partial charge < -0.3 is 5.32 Å². The first-order chi connectivity index (χ1) is 16.3. The molecule has 0 radical (unpaired) electrons. The SMILES string of the molecule is CC(NC(=O)CN(c1ccc(Cl)c(Cl)c1)S(=O)(=O)c1ccccc1)c1ccc2c(c1)CCCC2. The first kappa shape index (κ1) is 24.6. The fourth-order valence-corrected chi connectivity index (χ4v) is 5.92. The van der Waals surface area contributed by atoms with E-state index in [1.165, 1.54) is 54.3 Å². The van der Waals surface area contributed by atoms with E-state index >= 15 is 0 Å². The molecule has 1 aliphatic carbocycles. The van der Waals surface area contributed by atoms with E-state index < -0.39 is 22.5 Å². The molecule has 0 aliphatic heterocycles. The van der Waals surface area contributed by atoms with Gasteiger partial charge in [0.1, 0.15) is 6.54 Å². The van der Waals surface area contributed by atoms with Crippen LogP contribution in [0.2, 0.25) is 10.0 Å². The number of hydrogen-bond acceptors (Lipinski definition) is 3. The lowest BCUT2D eigenvalue weighted by Crippen LogP contribution is -2.41. The molecule has 0 saturated carbocycles. The van der Waals surface area contributed by atoms with Crippen molar-refractivity contribution >= 4 is 44.8 Å². The lowest BCUT2D eigenvalue weighted by molar-refractivity contribution is -0.120. The van der Waals surface area contributed by atoms with E-state index in [-0.39, 0.29) is 21.6 Å². The summed E-state index contributed by atoms with van der Waals surface area (Å²) in [5.74, 6) is -0.421. The van der Waals surface area contributed by atoms with Gasteiger partial charge in [0.2, 0.25) is 5.91 Å². The van der Waals surface area contributed by atoms with Gasteiger partial charge in [0, 0.05) is 0 Å². The van der Waals surface area contributed by atoms with Crippen molar-refractivity contribution < 1.29 is 13.2 Å². The molecular weight excluding hydrogens is 491 g/mol. The maximum absolute atomic E-state index is 13.5. The molecule has 0 bridgehead atoms. The highest BCUT2D eigenvalue weighted by Crippen LogP contribution is 2.31. The molecule has 178 valence electrons. The molecule has 0 aromatic heterocycles. The zero-order chi connectivity index (χ0) is 24.3. The third-order valence-electron chi connectivity index (χ3n) is 6.06. The van der Waals surface area contributed by atoms with E-state index in [9.17, 15) is 13.2 Å². The summed E-state index contributed by atoms with van der Waals surface area (Å²) in [4.78, 5) is 13.1. The van der Waals surface area contributed by atoms with Crippen molar-refractivity contribution in [1.29, 1.82) is 0 Å². The van der Waals surface area contributed by atoms with Crippen LogP contribution in [0.4, 0.5) is 5.69 Å². The summed E-state index contributed by atoms with van der Waals surface area (Å²) in [7, 11) is -4.02. The minimum atomic E-state index is -4.02. The Balaban J connectivity index is 1.58. The van der Waals surface area contributed by atoms with Gasteiger partial charge in [0.15, 0.2) is 0 Å². The fourth-order valence-electron chi connectivity index (χ4n) is 4.20. The van der Waals surface area contributed by atoms with Crippen LogP contribution in [-0.4, -0.2) is 20.9 Å². The second kappa shape index (κ2) is 10.4. The Bertz CT molecular complexity index is 1300. The molecular formula is C26H26Cl2N2O3S. The molecule has 8 heteroatoms. The summed E-state index contributed by atoms with van der Waals surface area (Å²) in [5.41, 5.74) is 3.96. The normalized spacial score (nSPS) is 14.2. The van der Waals surface area contributed by atoms with Crippen LogP contribution in [-0.2, 0) is 27.7 Å². The molecule has 1 amide bonds. The van der Waals surface area contributed by atoms with Crippen molar-refractivity contribution in [2.75, 3.05) is 10.8 Å². The molecule has 1 aliphatic rings. The molecule has 0 heterocycles. The number of carbonyl (C=O) groups excluding carboxylic acids is 1. The first-order valence-electron chi connectivity index (χ1n) is 11.2. The van der Waals surface area contributed by atoms with Gasteiger partial charge in [0.05, 0.1) is 26.7 Å². The molecule has 1 N–H and O–H groups in total. The number of hydrogen-bond donors (Lipinski definition) is 1. The number of nitrogens with one attached hydrogen (secondary N) is 1. The maximum atomic E-state index is 13.5. The lowest BCUT2D eigenvalue weighted by atomic mass is 9.89. The van der Waals surface area contributed by atoms with Crippen molar-refractivity contribution in [3.05, 3.63) is 93.5 Å². The maximum Gasteiger partial charge on any atom is 0.264 e. The second-order valence-electron chi connectivity index (χ2n) is 8.45. The molecule has 0 saturated heterocycles. The Morgan fingerprint density at radius 3 is 2.35 bits per heavy atom. The monoisotopic (exact) mass is 516 g/mol. The molecule has 0 fully saturated rings. The molecule has 3 aromatic carbocycles. The Labute approximate surface area is 210 Å². The van der Waals surface area contributed by atoms with Gasteiger partial charge in [-0.05, 0) is 79.6 Å². The van der Waals surface area contributed by atoms with Crippen molar-refractivity contribution in [2.45, 2.75) is 43.5 Å². The van der Waals surface area contributed by atoms with Gasteiger partial charge in [-0.15, -0.1) is 0 Å². The van der Waals surface area contributed by atoms with Gasteiger partial charge in [-0.2, -0.15) is 0 Å². The van der Waals surface area contributed by atoms with Crippen LogP contribution in [0.1, 0.15) is 42.5 Å². The zero-order valence-electron chi connectivity index (χ0n) is 18.8. The summed E-state index contributed by atoms with van der Waals surface area (Å²) < 4.78 is 28.0. The van der Waals surface area contributed by atoms with Crippen LogP contribution < -0.4 is 9.62 Å². The summed E-state index contributed by atoms with van der Waals surface area (Å²) in [6.07, 6.45) is 4.52. The van der Waals surface area contributed by atoms with Crippen LogP contribution in [0.5, 0.6) is 0 Å². The zero-order valence-corrected chi connectivity index (χ0v) is 21.1. The highest BCUT2D eigenvalue weighted by molar-refractivity contribution is 7.92. The van der Waals surface area contributed by atoms with Crippen molar-refractivity contribution in [3.63, 3.8) is 0 Å². The van der Waals surface area contributed by atoms with Crippen LogP contribution in [0, 0.1) is 0 Å². The molecule has 1 atom stereocenters. The Kier molecular flexibility index (Phi) is 7.51. The number of sulfonamides is 1. The molecule has 0 spiro atoms. The van der Waals surface area contributed by atoms with E-state index in [1.54, 1.807) is 18.2 Å². The number of carbonyl (C=O) groups is 1. The summed E-state index contributed by atoms with van der Waals surface area (Å²) >= 11 is 12.2. The predicted octanol–water partition coefficient (Wildman–Crippen LogP) is 5.94. The standard InChI is InChI=1S/C26H26Cl2N2O3S/c1-18(20-12-11-19-7-5-6-8-21(19)15-20)29-26(31)17-30(22-13-14-24(27)25(28)16-22)34(32,33)23-9-3-2-4-10-23/h2-4,9-16,18H,5-8,17H2,1H3,(H,29,31).